The quantitative estimate of drug-likeness (QED) is 0.639. The number of aromatic amines is 1. The van der Waals surface area contributed by atoms with E-state index in [-0.39, 0.29) is 11.4 Å². The van der Waals surface area contributed by atoms with Crippen molar-refractivity contribution in [2.45, 2.75) is 19.1 Å². The van der Waals surface area contributed by atoms with Gasteiger partial charge >= 0.3 is 0 Å². The summed E-state index contributed by atoms with van der Waals surface area (Å²) in [5.74, 6) is -0.117. The van der Waals surface area contributed by atoms with Crippen LogP contribution in [0.3, 0.4) is 0 Å². The van der Waals surface area contributed by atoms with Crippen LogP contribution in [0, 0.1) is 6.92 Å². The maximum Gasteiger partial charge on any atom is 0.253 e. The molecule has 0 aliphatic carbocycles. The summed E-state index contributed by atoms with van der Waals surface area (Å²) in [6, 6.07) is 1.53. The number of H-pyrrole nitrogens is 1. The van der Waals surface area contributed by atoms with E-state index in [0.717, 1.165) is 5.56 Å². The molecule has 0 bridgehead atoms. The molecule has 14 heavy (non-hydrogen) atoms. The summed E-state index contributed by atoms with van der Waals surface area (Å²) in [5.41, 5.74) is 0.533. The predicted octanol–water partition coefficient (Wildman–Crippen LogP) is 0.316. The van der Waals surface area contributed by atoms with E-state index >= 15 is 0 Å². The molecular formula is C9H12ClNO3. The van der Waals surface area contributed by atoms with Crippen molar-refractivity contribution in [1.82, 2.24) is 4.98 Å². The summed E-state index contributed by atoms with van der Waals surface area (Å²) < 4.78 is 0. The SMILES string of the molecule is Cc1c[nH]c(=O)c(C(O)C(O)CCl)c1. The second-order valence-corrected chi connectivity index (χ2v) is 3.44. The van der Waals surface area contributed by atoms with Gasteiger partial charge in [0.2, 0.25) is 0 Å². The average molecular weight is 218 g/mol. The van der Waals surface area contributed by atoms with Crippen molar-refractivity contribution in [2.75, 3.05) is 5.88 Å². The fraction of sp³-hybridized carbons (Fsp3) is 0.444. The summed E-state index contributed by atoms with van der Waals surface area (Å²) in [4.78, 5) is 13.7. The van der Waals surface area contributed by atoms with E-state index in [1.165, 1.54) is 12.3 Å². The first-order valence-corrected chi connectivity index (χ1v) is 4.71. The first-order valence-electron chi connectivity index (χ1n) is 4.17. The van der Waals surface area contributed by atoms with Crippen molar-refractivity contribution in [2.24, 2.45) is 0 Å². The van der Waals surface area contributed by atoms with E-state index in [1.54, 1.807) is 6.92 Å². The zero-order valence-electron chi connectivity index (χ0n) is 7.70. The lowest BCUT2D eigenvalue weighted by molar-refractivity contribution is 0.0318. The van der Waals surface area contributed by atoms with Crippen LogP contribution in [0.2, 0.25) is 0 Å². The Balaban J connectivity index is 3.05. The van der Waals surface area contributed by atoms with Gasteiger partial charge in [0, 0.05) is 11.8 Å². The van der Waals surface area contributed by atoms with E-state index in [9.17, 15) is 15.0 Å². The third-order valence-corrected chi connectivity index (χ3v) is 2.23. The minimum Gasteiger partial charge on any atom is -0.389 e. The van der Waals surface area contributed by atoms with Gasteiger partial charge in [0.25, 0.3) is 5.56 Å². The predicted molar refractivity (Wildman–Crippen MR) is 53.5 cm³/mol. The molecule has 0 saturated heterocycles. The normalized spacial score (nSPS) is 15.1. The number of alkyl halides is 1. The van der Waals surface area contributed by atoms with Gasteiger partial charge < -0.3 is 15.2 Å². The Kier molecular flexibility index (Phi) is 3.69. The zero-order valence-corrected chi connectivity index (χ0v) is 8.45. The molecule has 4 nitrogen and oxygen atoms in total. The van der Waals surface area contributed by atoms with Crippen molar-refractivity contribution in [3.63, 3.8) is 0 Å². The molecule has 0 fully saturated rings. The van der Waals surface area contributed by atoms with Crippen molar-refractivity contribution >= 4 is 11.6 Å². The first-order chi connectivity index (χ1) is 6.56. The summed E-state index contributed by atoms with van der Waals surface area (Å²) in [6.45, 7) is 1.78. The molecule has 1 aromatic heterocycles. The Labute approximate surface area is 86.2 Å². The van der Waals surface area contributed by atoms with Crippen LogP contribution in [-0.2, 0) is 0 Å². The molecule has 1 rings (SSSR count). The van der Waals surface area contributed by atoms with E-state index in [1.807, 2.05) is 0 Å². The van der Waals surface area contributed by atoms with Crippen LogP contribution < -0.4 is 5.56 Å². The van der Waals surface area contributed by atoms with Crippen LogP contribution in [0.1, 0.15) is 17.2 Å². The number of nitrogens with one attached hydrogen (secondary N) is 1. The molecule has 0 spiro atoms. The highest BCUT2D eigenvalue weighted by Gasteiger charge is 2.20. The minimum absolute atomic E-state index is 0.117. The Morgan fingerprint density at radius 1 is 1.57 bits per heavy atom. The lowest BCUT2D eigenvalue weighted by atomic mass is 10.1. The molecule has 2 unspecified atom stereocenters. The topological polar surface area (TPSA) is 73.3 Å². The summed E-state index contributed by atoms with van der Waals surface area (Å²) in [5, 5.41) is 18.8. The van der Waals surface area contributed by atoms with Crippen molar-refractivity contribution in [1.29, 1.82) is 0 Å². The van der Waals surface area contributed by atoms with Crippen LogP contribution in [0.4, 0.5) is 0 Å². The van der Waals surface area contributed by atoms with Crippen LogP contribution in [0.5, 0.6) is 0 Å². The lowest BCUT2D eigenvalue weighted by Crippen LogP contribution is -2.26. The molecule has 0 aliphatic heterocycles. The molecule has 5 heteroatoms. The van der Waals surface area contributed by atoms with E-state index in [0.29, 0.717) is 0 Å². The minimum atomic E-state index is -1.24. The highest BCUT2D eigenvalue weighted by Crippen LogP contribution is 2.14. The van der Waals surface area contributed by atoms with Gasteiger partial charge in [-0.15, -0.1) is 11.6 Å². The summed E-state index contributed by atoms with van der Waals surface area (Å²) in [7, 11) is 0. The highest BCUT2D eigenvalue weighted by atomic mass is 35.5. The maximum atomic E-state index is 11.3. The van der Waals surface area contributed by atoms with Crippen LogP contribution in [0.15, 0.2) is 17.1 Å². The molecule has 78 valence electrons. The number of aliphatic hydroxyl groups is 2. The molecule has 0 amide bonds. The van der Waals surface area contributed by atoms with Gasteiger partial charge in [-0.25, -0.2) is 0 Å². The molecule has 0 aliphatic rings. The van der Waals surface area contributed by atoms with Gasteiger partial charge in [-0.05, 0) is 18.6 Å². The lowest BCUT2D eigenvalue weighted by Gasteiger charge is -2.14. The van der Waals surface area contributed by atoms with Crippen LogP contribution in [0.25, 0.3) is 0 Å². The number of hydrogen-bond acceptors (Lipinski definition) is 3. The Hall–Kier alpha value is -0.840. The van der Waals surface area contributed by atoms with Gasteiger partial charge in [0.1, 0.15) is 6.10 Å². The van der Waals surface area contributed by atoms with Gasteiger partial charge in [-0.1, -0.05) is 0 Å². The molecule has 0 saturated carbocycles. The average Bonchev–Trinajstić information content (AvgIpc) is 2.19. The van der Waals surface area contributed by atoms with E-state index in [2.05, 4.69) is 4.98 Å². The van der Waals surface area contributed by atoms with Gasteiger partial charge in [0.05, 0.1) is 12.0 Å². The number of rotatable bonds is 3. The number of hydrogen-bond donors (Lipinski definition) is 3. The van der Waals surface area contributed by atoms with Crippen molar-refractivity contribution < 1.29 is 10.2 Å². The second-order valence-electron chi connectivity index (χ2n) is 3.13. The zero-order chi connectivity index (χ0) is 10.7. The maximum absolute atomic E-state index is 11.3. The number of aryl methyl sites for hydroxylation is 1. The monoisotopic (exact) mass is 217 g/mol. The Morgan fingerprint density at radius 3 is 2.79 bits per heavy atom. The second kappa shape index (κ2) is 4.59. The molecule has 3 N–H and O–H groups in total. The van der Waals surface area contributed by atoms with Crippen LogP contribution in [-0.4, -0.2) is 27.2 Å². The standard InChI is InChI=1S/C9H12ClNO3/c1-5-2-6(9(14)11-4-5)8(13)7(12)3-10/h2,4,7-8,12-13H,3H2,1H3,(H,11,14). The van der Waals surface area contributed by atoms with Crippen molar-refractivity contribution in [3.8, 4) is 0 Å². The number of halogens is 1. The molecule has 1 heterocycles. The Bertz CT molecular complexity index is 363. The third kappa shape index (κ3) is 2.35. The molecule has 2 atom stereocenters. The van der Waals surface area contributed by atoms with Crippen LogP contribution >= 0.6 is 11.6 Å². The number of aliphatic hydroxyl groups excluding tert-OH is 2. The molecule has 0 aromatic carbocycles. The molecule has 1 aromatic rings. The number of pyridine rings is 1. The van der Waals surface area contributed by atoms with Gasteiger partial charge in [0.15, 0.2) is 0 Å². The number of aromatic nitrogens is 1. The highest BCUT2D eigenvalue weighted by molar-refractivity contribution is 6.18. The fourth-order valence-corrected chi connectivity index (χ4v) is 1.30. The largest absolute Gasteiger partial charge is 0.389 e. The smallest absolute Gasteiger partial charge is 0.253 e. The van der Waals surface area contributed by atoms with Gasteiger partial charge in [-0.3, -0.25) is 4.79 Å². The van der Waals surface area contributed by atoms with Crippen molar-refractivity contribution in [3.05, 3.63) is 33.7 Å². The van der Waals surface area contributed by atoms with E-state index in [4.69, 9.17) is 11.6 Å². The molecular weight excluding hydrogens is 206 g/mol. The Morgan fingerprint density at radius 2 is 2.21 bits per heavy atom. The fourth-order valence-electron chi connectivity index (χ4n) is 1.13. The first kappa shape index (κ1) is 11.2. The van der Waals surface area contributed by atoms with Gasteiger partial charge in [-0.2, -0.15) is 0 Å². The summed E-state index contributed by atoms with van der Waals surface area (Å²) in [6.07, 6.45) is -0.832. The molecule has 0 radical (unpaired) electrons. The third-order valence-electron chi connectivity index (χ3n) is 1.92. The summed E-state index contributed by atoms with van der Waals surface area (Å²) >= 11 is 5.37. The van der Waals surface area contributed by atoms with E-state index < -0.39 is 17.8 Å².